The Kier molecular flexibility index (Phi) is 12.0. The molecular weight excluding hydrogens is 689 g/mol. The van der Waals surface area contributed by atoms with Crippen LogP contribution in [0.4, 0.5) is 0 Å². The van der Waals surface area contributed by atoms with Crippen molar-refractivity contribution in [1.82, 2.24) is 19.8 Å². The van der Waals surface area contributed by atoms with Crippen LogP contribution in [0.2, 0.25) is 5.04 Å². The van der Waals surface area contributed by atoms with Crippen molar-refractivity contribution in [3.8, 4) is 0 Å². The fourth-order valence-corrected chi connectivity index (χ4v) is 12.0. The topological polar surface area (TPSA) is 96.4 Å². The molecule has 0 spiro atoms. The van der Waals surface area contributed by atoms with Crippen molar-refractivity contribution in [2.24, 2.45) is 0 Å². The molecule has 1 amide bonds. The zero-order valence-electron chi connectivity index (χ0n) is 31.2. The minimum Gasteiger partial charge on any atom is -0.406 e. The Bertz CT molecular complexity index is 2070. The minimum absolute atomic E-state index is 0.226. The lowest BCUT2D eigenvalue weighted by Gasteiger charge is -2.43. The molecule has 0 aliphatic carbocycles. The van der Waals surface area contributed by atoms with Gasteiger partial charge in [-0.1, -0.05) is 172 Å². The van der Waals surface area contributed by atoms with E-state index in [4.69, 9.17) is 4.43 Å². The van der Waals surface area contributed by atoms with E-state index in [1.807, 2.05) is 66.7 Å². The molecule has 0 fully saturated rings. The average Bonchev–Trinajstić information content (AvgIpc) is 3.20. The minimum atomic E-state index is -2.88. The zero-order valence-corrected chi connectivity index (χ0v) is 32.2. The molecule has 1 aromatic heterocycles. The number of carbonyl (C=O) groups excluding carboxylic acids is 1. The Balaban J connectivity index is 1.34. The number of rotatable bonds is 15. The molecule has 0 aliphatic heterocycles. The van der Waals surface area contributed by atoms with Crippen molar-refractivity contribution in [3.63, 3.8) is 0 Å². The molecule has 2 N–H and O–H groups in total. The van der Waals surface area contributed by atoms with E-state index in [1.165, 1.54) is 16.8 Å². The Morgan fingerprint density at radius 3 is 1.54 bits per heavy atom. The molecule has 0 saturated carbocycles. The highest BCUT2D eigenvalue weighted by atomic mass is 28.4. The third kappa shape index (κ3) is 8.13. The number of amides is 1. The molecule has 0 radical (unpaired) electrons. The Morgan fingerprint density at radius 1 is 0.667 bits per heavy atom. The number of carbonyl (C=O) groups is 1. The fraction of sp³-hybridized carbons (Fsp3) is 0.222. The lowest BCUT2D eigenvalue weighted by Crippen LogP contribution is -2.67. The maximum Gasteiger partial charge on any atom is 0.328 e. The third-order valence-corrected chi connectivity index (χ3v) is 15.1. The van der Waals surface area contributed by atoms with Gasteiger partial charge in [-0.2, -0.15) is 0 Å². The van der Waals surface area contributed by atoms with E-state index in [0.717, 1.165) is 27.1 Å². The first-order valence-corrected chi connectivity index (χ1v) is 20.3. The SMILES string of the molecule is CC(C)(C)[Si](OCCN(CCNC(c1ccccc1)(c1ccccc1)c1ccccc1)C(=O)Cn1ccc(=O)[nH]c1=O)(c1ccccc1)c1ccccc1. The number of benzene rings is 5. The molecule has 0 unspecified atom stereocenters. The summed E-state index contributed by atoms with van der Waals surface area (Å²) in [5.74, 6) is -0.262. The van der Waals surface area contributed by atoms with Gasteiger partial charge in [0.1, 0.15) is 6.54 Å². The molecule has 8 nitrogen and oxygen atoms in total. The number of nitrogens with one attached hydrogen (secondary N) is 2. The Hall–Kier alpha value is -5.61. The van der Waals surface area contributed by atoms with E-state index in [2.05, 4.69) is 116 Å². The molecule has 0 aliphatic rings. The number of H-pyrrole nitrogens is 1. The van der Waals surface area contributed by atoms with E-state index in [0.29, 0.717) is 13.1 Å². The first kappa shape index (κ1) is 38.1. The summed E-state index contributed by atoms with van der Waals surface area (Å²) >= 11 is 0. The van der Waals surface area contributed by atoms with Crippen molar-refractivity contribution < 1.29 is 9.22 Å². The molecule has 0 atom stereocenters. The lowest BCUT2D eigenvalue weighted by atomic mass is 9.77. The van der Waals surface area contributed by atoms with Gasteiger partial charge in [0.2, 0.25) is 5.91 Å². The van der Waals surface area contributed by atoms with Crippen LogP contribution in [-0.4, -0.2) is 54.9 Å². The molecule has 6 aromatic rings. The summed E-state index contributed by atoms with van der Waals surface area (Å²) in [6.07, 6.45) is 1.36. The average molecular weight is 737 g/mol. The van der Waals surface area contributed by atoms with Gasteiger partial charge < -0.3 is 9.33 Å². The van der Waals surface area contributed by atoms with Gasteiger partial charge in [0.25, 0.3) is 13.9 Å². The number of nitrogens with zero attached hydrogens (tertiary/aromatic N) is 2. The van der Waals surface area contributed by atoms with Crippen LogP contribution in [0.15, 0.2) is 174 Å². The second-order valence-corrected chi connectivity index (χ2v) is 18.7. The smallest absolute Gasteiger partial charge is 0.328 e. The summed E-state index contributed by atoms with van der Waals surface area (Å²) < 4.78 is 8.43. The molecule has 6 rings (SSSR count). The quantitative estimate of drug-likeness (QED) is 0.107. The molecular formula is C45H48N4O4Si. The molecule has 5 aromatic carbocycles. The van der Waals surface area contributed by atoms with Gasteiger partial charge in [-0.05, 0) is 32.1 Å². The predicted octanol–water partition coefficient (Wildman–Crippen LogP) is 5.52. The van der Waals surface area contributed by atoms with E-state index in [-0.39, 0.29) is 30.6 Å². The van der Waals surface area contributed by atoms with E-state index >= 15 is 0 Å². The van der Waals surface area contributed by atoms with Crippen LogP contribution in [0.25, 0.3) is 0 Å². The molecule has 276 valence electrons. The fourth-order valence-electron chi connectivity index (χ4n) is 7.50. The second-order valence-electron chi connectivity index (χ2n) is 14.4. The van der Waals surface area contributed by atoms with Crippen molar-refractivity contribution in [1.29, 1.82) is 0 Å². The normalized spacial score (nSPS) is 12.0. The van der Waals surface area contributed by atoms with Crippen LogP contribution in [0, 0.1) is 0 Å². The molecule has 0 bridgehead atoms. The first-order valence-electron chi connectivity index (χ1n) is 18.4. The van der Waals surface area contributed by atoms with Gasteiger partial charge in [-0.15, -0.1) is 0 Å². The van der Waals surface area contributed by atoms with Crippen molar-refractivity contribution >= 4 is 24.6 Å². The van der Waals surface area contributed by atoms with Crippen LogP contribution >= 0.6 is 0 Å². The van der Waals surface area contributed by atoms with E-state index in [1.54, 1.807) is 4.90 Å². The molecule has 0 saturated heterocycles. The van der Waals surface area contributed by atoms with Gasteiger partial charge in [0.05, 0.1) is 12.1 Å². The van der Waals surface area contributed by atoms with Crippen molar-refractivity contribution in [2.75, 3.05) is 26.2 Å². The van der Waals surface area contributed by atoms with Gasteiger partial charge in [-0.3, -0.25) is 24.5 Å². The van der Waals surface area contributed by atoms with Crippen molar-refractivity contribution in [3.05, 3.63) is 201 Å². The monoisotopic (exact) mass is 736 g/mol. The van der Waals surface area contributed by atoms with E-state index in [9.17, 15) is 14.4 Å². The molecule has 9 heteroatoms. The molecule has 1 heterocycles. The summed E-state index contributed by atoms with van der Waals surface area (Å²) in [4.78, 5) is 42.7. The third-order valence-electron chi connectivity index (χ3n) is 10.0. The summed E-state index contributed by atoms with van der Waals surface area (Å²) in [6, 6.07) is 53.1. The second kappa shape index (κ2) is 17.0. The van der Waals surface area contributed by atoms with Crippen LogP contribution in [0.3, 0.4) is 0 Å². The van der Waals surface area contributed by atoms with Gasteiger partial charge in [-0.25, -0.2) is 4.79 Å². The predicted molar refractivity (Wildman–Crippen MR) is 219 cm³/mol. The number of hydrogen-bond acceptors (Lipinski definition) is 5. The summed E-state index contributed by atoms with van der Waals surface area (Å²) in [5, 5.41) is 5.96. The highest BCUT2D eigenvalue weighted by Gasteiger charge is 2.50. The Morgan fingerprint density at radius 2 is 1.11 bits per heavy atom. The zero-order chi connectivity index (χ0) is 38.0. The maximum absolute atomic E-state index is 14.2. The van der Waals surface area contributed by atoms with Crippen LogP contribution in [0.5, 0.6) is 0 Å². The molecule has 54 heavy (non-hydrogen) atoms. The summed E-state index contributed by atoms with van der Waals surface area (Å²) in [7, 11) is -2.88. The number of aromatic nitrogens is 2. The van der Waals surface area contributed by atoms with Gasteiger partial charge >= 0.3 is 5.69 Å². The van der Waals surface area contributed by atoms with Gasteiger partial charge in [0.15, 0.2) is 0 Å². The maximum atomic E-state index is 14.2. The number of aromatic amines is 1. The lowest BCUT2D eigenvalue weighted by molar-refractivity contribution is -0.132. The highest BCUT2D eigenvalue weighted by Crippen LogP contribution is 2.38. The van der Waals surface area contributed by atoms with E-state index < -0.39 is 25.1 Å². The van der Waals surface area contributed by atoms with Crippen LogP contribution in [-0.2, 0) is 21.3 Å². The van der Waals surface area contributed by atoms with Crippen molar-refractivity contribution in [2.45, 2.75) is 37.9 Å². The van der Waals surface area contributed by atoms with Crippen LogP contribution < -0.4 is 26.9 Å². The summed E-state index contributed by atoms with van der Waals surface area (Å²) in [5.41, 5.74) is 1.33. The highest BCUT2D eigenvalue weighted by molar-refractivity contribution is 6.99. The first-order chi connectivity index (χ1) is 26.1. The Labute approximate surface area is 318 Å². The van der Waals surface area contributed by atoms with Gasteiger partial charge in [0, 0.05) is 31.9 Å². The number of hydrogen-bond donors (Lipinski definition) is 2. The standard InChI is InChI=1S/C45H48N4O4Si/c1-44(2,3)54(39-25-15-7-16-26-39,40-27-17-8-18-28-40)53-34-33-48(42(51)35-49-31-29-41(50)47-43(49)52)32-30-46-45(36-19-9-4-10-20-36,37-21-11-5-12-22-37)38-23-13-6-14-24-38/h4-29,31,46H,30,32-35H2,1-3H3,(H,47,50,52). The summed E-state index contributed by atoms with van der Waals surface area (Å²) in [6.45, 7) is 7.77. The van der Waals surface area contributed by atoms with Crippen LogP contribution in [0.1, 0.15) is 37.5 Å². The largest absolute Gasteiger partial charge is 0.406 e.